The standard InChI is InChI=1S/C10H7ClN2OS/c11-9-4-5-10(13-12-9)15-8-3-1-2-7(14)6-8/h1-6,14H. The summed E-state index contributed by atoms with van der Waals surface area (Å²) in [6.45, 7) is 0. The molecule has 0 fully saturated rings. The van der Waals surface area contributed by atoms with E-state index < -0.39 is 0 Å². The lowest BCUT2D eigenvalue weighted by Crippen LogP contribution is -1.84. The van der Waals surface area contributed by atoms with Gasteiger partial charge >= 0.3 is 0 Å². The number of nitrogens with zero attached hydrogens (tertiary/aromatic N) is 2. The zero-order valence-corrected chi connectivity index (χ0v) is 9.16. The van der Waals surface area contributed by atoms with Crippen LogP contribution in [0.1, 0.15) is 0 Å². The molecular weight excluding hydrogens is 232 g/mol. The van der Waals surface area contributed by atoms with Gasteiger partial charge in [0, 0.05) is 4.90 Å². The van der Waals surface area contributed by atoms with E-state index in [1.165, 1.54) is 11.8 Å². The molecule has 0 aliphatic heterocycles. The fourth-order valence-electron chi connectivity index (χ4n) is 1.03. The molecule has 76 valence electrons. The molecule has 0 unspecified atom stereocenters. The minimum absolute atomic E-state index is 0.238. The molecule has 3 nitrogen and oxygen atoms in total. The maximum Gasteiger partial charge on any atom is 0.151 e. The Morgan fingerprint density at radius 1 is 1.13 bits per heavy atom. The Morgan fingerprint density at radius 3 is 2.67 bits per heavy atom. The molecule has 0 saturated carbocycles. The van der Waals surface area contributed by atoms with Crippen molar-refractivity contribution in [1.82, 2.24) is 10.2 Å². The monoisotopic (exact) mass is 238 g/mol. The van der Waals surface area contributed by atoms with Gasteiger partial charge in [0.2, 0.25) is 0 Å². The van der Waals surface area contributed by atoms with Gasteiger partial charge < -0.3 is 5.11 Å². The van der Waals surface area contributed by atoms with Crippen molar-refractivity contribution in [2.75, 3.05) is 0 Å². The van der Waals surface area contributed by atoms with E-state index in [-0.39, 0.29) is 5.75 Å². The summed E-state index contributed by atoms with van der Waals surface area (Å²) < 4.78 is 0. The zero-order valence-electron chi connectivity index (χ0n) is 7.59. The van der Waals surface area contributed by atoms with E-state index >= 15 is 0 Å². The number of hydrogen-bond acceptors (Lipinski definition) is 4. The molecule has 2 rings (SSSR count). The van der Waals surface area contributed by atoms with E-state index in [9.17, 15) is 5.11 Å². The van der Waals surface area contributed by atoms with Gasteiger partial charge in [0.25, 0.3) is 0 Å². The Bertz CT molecular complexity index is 461. The Morgan fingerprint density at radius 2 is 2.00 bits per heavy atom. The van der Waals surface area contributed by atoms with Gasteiger partial charge in [0.1, 0.15) is 10.8 Å². The van der Waals surface area contributed by atoms with Crippen LogP contribution in [-0.4, -0.2) is 15.3 Å². The molecular formula is C10H7ClN2OS. The van der Waals surface area contributed by atoms with Crippen LogP contribution in [0.4, 0.5) is 0 Å². The van der Waals surface area contributed by atoms with Crippen molar-refractivity contribution in [1.29, 1.82) is 0 Å². The smallest absolute Gasteiger partial charge is 0.151 e. The van der Waals surface area contributed by atoms with E-state index in [2.05, 4.69) is 10.2 Å². The first-order valence-electron chi connectivity index (χ1n) is 4.20. The van der Waals surface area contributed by atoms with E-state index in [1.807, 2.05) is 6.07 Å². The summed E-state index contributed by atoms with van der Waals surface area (Å²) in [6.07, 6.45) is 0. The highest BCUT2D eigenvalue weighted by Gasteiger charge is 2.00. The van der Waals surface area contributed by atoms with Crippen molar-refractivity contribution >= 4 is 23.4 Å². The Kier molecular flexibility index (Phi) is 3.08. The van der Waals surface area contributed by atoms with Crippen LogP contribution in [0.15, 0.2) is 46.3 Å². The molecule has 2 aromatic rings. The van der Waals surface area contributed by atoms with Gasteiger partial charge in [-0.1, -0.05) is 29.4 Å². The second-order valence-electron chi connectivity index (χ2n) is 2.79. The van der Waals surface area contributed by atoms with Gasteiger partial charge in [0.05, 0.1) is 0 Å². The van der Waals surface area contributed by atoms with Crippen molar-refractivity contribution in [2.45, 2.75) is 9.92 Å². The molecule has 15 heavy (non-hydrogen) atoms. The van der Waals surface area contributed by atoms with E-state index in [0.29, 0.717) is 5.15 Å². The summed E-state index contributed by atoms with van der Waals surface area (Å²) in [4.78, 5) is 0.909. The van der Waals surface area contributed by atoms with Crippen LogP contribution in [0.25, 0.3) is 0 Å². The summed E-state index contributed by atoms with van der Waals surface area (Å²) in [5, 5.41) is 18.0. The van der Waals surface area contributed by atoms with Crippen molar-refractivity contribution in [3.05, 3.63) is 41.6 Å². The van der Waals surface area contributed by atoms with Gasteiger partial charge in [-0.15, -0.1) is 10.2 Å². The maximum absolute atomic E-state index is 9.26. The molecule has 0 saturated heterocycles. The van der Waals surface area contributed by atoms with Gasteiger partial charge in [-0.05, 0) is 30.3 Å². The predicted octanol–water partition coefficient (Wildman–Crippen LogP) is 2.99. The van der Waals surface area contributed by atoms with Crippen molar-refractivity contribution in [3.8, 4) is 5.75 Å². The lowest BCUT2D eigenvalue weighted by Gasteiger charge is -2.00. The number of hydrogen-bond donors (Lipinski definition) is 1. The summed E-state index contributed by atoms with van der Waals surface area (Å²) >= 11 is 7.04. The number of rotatable bonds is 2. The number of aromatic nitrogens is 2. The Hall–Kier alpha value is -1.26. The van der Waals surface area contributed by atoms with E-state index in [1.54, 1.807) is 30.3 Å². The van der Waals surface area contributed by atoms with Gasteiger partial charge in [0.15, 0.2) is 5.15 Å². The highest BCUT2D eigenvalue weighted by Crippen LogP contribution is 2.27. The lowest BCUT2D eigenvalue weighted by molar-refractivity contribution is 0.474. The lowest BCUT2D eigenvalue weighted by atomic mass is 10.3. The van der Waals surface area contributed by atoms with Crippen LogP contribution in [0.5, 0.6) is 5.75 Å². The minimum atomic E-state index is 0.238. The fourth-order valence-corrected chi connectivity index (χ4v) is 1.91. The summed E-state index contributed by atoms with van der Waals surface area (Å²) in [7, 11) is 0. The fraction of sp³-hybridized carbons (Fsp3) is 0. The predicted molar refractivity (Wildman–Crippen MR) is 59.3 cm³/mol. The molecule has 0 atom stereocenters. The van der Waals surface area contributed by atoms with Gasteiger partial charge in [-0.2, -0.15) is 0 Å². The minimum Gasteiger partial charge on any atom is -0.508 e. The third kappa shape index (κ3) is 2.84. The molecule has 0 aliphatic rings. The third-order valence-electron chi connectivity index (χ3n) is 1.65. The van der Waals surface area contributed by atoms with E-state index in [0.717, 1.165) is 9.92 Å². The van der Waals surface area contributed by atoms with Crippen LogP contribution in [0.2, 0.25) is 5.15 Å². The van der Waals surface area contributed by atoms with E-state index in [4.69, 9.17) is 11.6 Å². The largest absolute Gasteiger partial charge is 0.508 e. The summed E-state index contributed by atoms with van der Waals surface area (Å²) in [6, 6.07) is 10.4. The molecule has 0 spiro atoms. The molecule has 0 radical (unpaired) electrons. The first-order valence-corrected chi connectivity index (χ1v) is 5.39. The van der Waals surface area contributed by atoms with Crippen molar-refractivity contribution in [3.63, 3.8) is 0 Å². The van der Waals surface area contributed by atoms with Crippen LogP contribution >= 0.6 is 23.4 Å². The summed E-state index contributed by atoms with van der Waals surface area (Å²) in [5.41, 5.74) is 0. The number of phenolic OH excluding ortho intramolecular Hbond substituents is 1. The topological polar surface area (TPSA) is 46.0 Å². The molecule has 1 heterocycles. The summed E-state index contributed by atoms with van der Waals surface area (Å²) in [5.74, 6) is 0.238. The van der Waals surface area contributed by atoms with Crippen molar-refractivity contribution in [2.24, 2.45) is 0 Å². The van der Waals surface area contributed by atoms with Crippen LogP contribution < -0.4 is 0 Å². The molecule has 1 aromatic heterocycles. The highest BCUT2D eigenvalue weighted by atomic mass is 35.5. The molecule has 1 N–H and O–H groups in total. The molecule has 5 heteroatoms. The van der Waals surface area contributed by atoms with Crippen LogP contribution in [0, 0.1) is 0 Å². The van der Waals surface area contributed by atoms with Crippen LogP contribution in [0.3, 0.4) is 0 Å². The number of phenols is 1. The quantitative estimate of drug-likeness (QED) is 0.874. The average molecular weight is 239 g/mol. The highest BCUT2D eigenvalue weighted by molar-refractivity contribution is 7.99. The normalized spacial score (nSPS) is 10.2. The van der Waals surface area contributed by atoms with Crippen molar-refractivity contribution < 1.29 is 5.11 Å². The SMILES string of the molecule is Oc1cccc(Sc2ccc(Cl)nn2)c1. The second kappa shape index (κ2) is 4.51. The number of aromatic hydroxyl groups is 1. The molecule has 1 aromatic carbocycles. The van der Waals surface area contributed by atoms with Gasteiger partial charge in [-0.3, -0.25) is 0 Å². The molecule has 0 aliphatic carbocycles. The first kappa shape index (κ1) is 10.3. The third-order valence-corrected chi connectivity index (χ3v) is 2.77. The molecule has 0 amide bonds. The Labute approximate surface area is 96.1 Å². The molecule has 0 bridgehead atoms. The average Bonchev–Trinajstić information content (AvgIpc) is 2.22. The second-order valence-corrected chi connectivity index (χ2v) is 4.27. The van der Waals surface area contributed by atoms with Crippen LogP contribution in [-0.2, 0) is 0 Å². The zero-order chi connectivity index (χ0) is 10.7. The number of halogens is 1. The maximum atomic E-state index is 9.26. The number of benzene rings is 1. The first-order chi connectivity index (χ1) is 7.24. The Balaban J connectivity index is 2.18. The van der Waals surface area contributed by atoms with Gasteiger partial charge in [-0.25, -0.2) is 0 Å².